The summed E-state index contributed by atoms with van der Waals surface area (Å²) >= 11 is 6.08. The molecule has 7 nitrogen and oxygen atoms in total. The molecular formula is C31H28ClF4NO6. The minimum Gasteiger partial charge on any atom is -0.496 e. The number of amides is 1. The van der Waals surface area contributed by atoms with Crippen LogP contribution in [0, 0.1) is 11.8 Å². The summed E-state index contributed by atoms with van der Waals surface area (Å²) in [5.41, 5.74) is -4.74. The first kappa shape index (κ1) is 31.8. The second-order valence-electron chi connectivity index (χ2n) is 10.0. The van der Waals surface area contributed by atoms with Gasteiger partial charge in [0.15, 0.2) is 12.6 Å². The predicted octanol–water partition coefficient (Wildman–Crippen LogP) is 6.83. The summed E-state index contributed by atoms with van der Waals surface area (Å²) in [7, 11) is 1.23. The van der Waals surface area contributed by atoms with Gasteiger partial charge in [-0.2, -0.15) is 13.2 Å². The molecule has 3 aromatic carbocycles. The molecule has 1 heterocycles. The van der Waals surface area contributed by atoms with E-state index in [0.29, 0.717) is 29.0 Å². The van der Waals surface area contributed by atoms with Gasteiger partial charge in [-0.1, -0.05) is 68.3 Å². The Labute approximate surface area is 250 Å². The number of methoxy groups -OCH3 is 1. The number of hydrogen-bond donors (Lipinski definition) is 0. The summed E-state index contributed by atoms with van der Waals surface area (Å²) in [4.78, 5) is 40.4. The second-order valence-corrected chi connectivity index (χ2v) is 10.5. The number of hydrogen-bond acceptors (Lipinski definition) is 6. The molecule has 228 valence electrons. The maximum Gasteiger partial charge on any atom is 0.416 e. The maximum atomic E-state index is 17.0. The number of esters is 2. The summed E-state index contributed by atoms with van der Waals surface area (Å²) in [6, 6.07) is 14.7. The van der Waals surface area contributed by atoms with Crippen molar-refractivity contribution in [1.29, 1.82) is 0 Å². The Hall–Kier alpha value is -4.12. The van der Waals surface area contributed by atoms with Gasteiger partial charge in [0.25, 0.3) is 5.91 Å². The first-order valence-electron chi connectivity index (χ1n) is 13.3. The standard InChI is InChI=1S/C31H28ClF4NO6/c1-4-18(2)26(27(38)42-16-19-8-6-5-7-9-19)28(39)43-17-37-24-14-20(31(34,35)36)10-12-22(24)30(33,29(37)40)23-15-21(32)11-13-25(23)41-3/h5-15,18,26H,4,16-17H2,1-3H3/t18-,26-,30?/m0/s1. The van der Waals surface area contributed by atoms with Gasteiger partial charge in [0.05, 0.1) is 18.4 Å². The van der Waals surface area contributed by atoms with Gasteiger partial charge in [-0.3, -0.25) is 19.3 Å². The van der Waals surface area contributed by atoms with Crippen molar-refractivity contribution < 1.29 is 46.2 Å². The van der Waals surface area contributed by atoms with Crippen LogP contribution in [0.3, 0.4) is 0 Å². The Kier molecular flexibility index (Phi) is 9.34. The molecule has 0 fully saturated rings. The monoisotopic (exact) mass is 621 g/mol. The number of carbonyl (C=O) groups is 3. The second kappa shape index (κ2) is 12.6. The molecule has 0 saturated carbocycles. The molecule has 0 aromatic heterocycles. The fraction of sp³-hybridized carbons (Fsp3) is 0.323. The van der Waals surface area contributed by atoms with Crippen molar-refractivity contribution in [3.8, 4) is 5.75 Å². The average Bonchev–Trinajstić information content (AvgIpc) is 3.20. The third kappa shape index (κ3) is 6.31. The molecule has 1 amide bonds. The Morgan fingerprint density at radius 1 is 0.977 bits per heavy atom. The van der Waals surface area contributed by atoms with Crippen LogP contribution < -0.4 is 9.64 Å². The van der Waals surface area contributed by atoms with Crippen molar-refractivity contribution in [2.45, 2.75) is 38.7 Å². The highest BCUT2D eigenvalue weighted by atomic mass is 35.5. The quantitative estimate of drug-likeness (QED) is 0.140. The average molecular weight is 622 g/mol. The number of halogens is 5. The van der Waals surface area contributed by atoms with Crippen LogP contribution >= 0.6 is 11.6 Å². The van der Waals surface area contributed by atoms with E-state index in [2.05, 4.69) is 0 Å². The zero-order chi connectivity index (χ0) is 31.5. The zero-order valence-corrected chi connectivity index (χ0v) is 24.2. The molecule has 1 aliphatic heterocycles. The van der Waals surface area contributed by atoms with E-state index in [-0.39, 0.29) is 22.9 Å². The molecule has 3 atom stereocenters. The van der Waals surface area contributed by atoms with E-state index >= 15 is 4.39 Å². The third-order valence-corrected chi connectivity index (χ3v) is 7.58. The lowest BCUT2D eigenvalue weighted by Crippen LogP contribution is -2.41. The number of fused-ring (bicyclic) bond motifs is 1. The summed E-state index contributed by atoms with van der Waals surface area (Å²) in [5.74, 6) is -5.32. The van der Waals surface area contributed by atoms with E-state index in [0.717, 1.165) is 12.1 Å². The number of benzene rings is 3. The Morgan fingerprint density at radius 2 is 1.65 bits per heavy atom. The molecule has 0 radical (unpaired) electrons. The number of anilines is 1. The predicted molar refractivity (Wildman–Crippen MR) is 149 cm³/mol. The lowest BCUT2D eigenvalue weighted by molar-refractivity contribution is -0.165. The fourth-order valence-electron chi connectivity index (χ4n) is 4.80. The normalized spacial score (nSPS) is 17.7. The van der Waals surface area contributed by atoms with Crippen LogP contribution in [0.25, 0.3) is 0 Å². The first-order chi connectivity index (χ1) is 20.3. The minimum absolute atomic E-state index is 0.0457. The van der Waals surface area contributed by atoms with Crippen molar-refractivity contribution in [1.82, 2.24) is 0 Å². The molecule has 1 aliphatic rings. The summed E-state index contributed by atoms with van der Waals surface area (Å²) in [5, 5.41) is 0.0457. The van der Waals surface area contributed by atoms with Gasteiger partial charge in [0, 0.05) is 16.1 Å². The van der Waals surface area contributed by atoms with Crippen LogP contribution in [0.1, 0.15) is 42.5 Å². The minimum atomic E-state index is -4.82. The largest absolute Gasteiger partial charge is 0.496 e. The topological polar surface area (TPSA) is 82.1 Å². The van der Waals surface area contributed by atoms with Gasteiger partial charge < -0.3 is 14.2 Å². The van der Waals surface area contributed by atoms with Crippen LogP contribution in [-0.2, 0) is 42.3 Å². The first-order valence-corrected chi connectivity index (χ1v) is 13.6. The van der Waals surface area contributed by atoms with E-state index in [4.69, 9.17) is 25.8 Å². The maximum absolute atomic E-state index is 17.0. The molecule has 12 heteroatoms. The number of ether oxygens (including phenoxy) is 3. The van der Waals surface area contributed by atoms with E-state index in [1.807, 2.05) is 0 Å². The summed E-state index contributed by atoms with van der Waals surface area (Å²) in [6.07, 6.45) is -4.44. The van der Waals surface area contributed by atoms with Crippen LogP contribution in [0.2, 0.25) is 5.02 Å². The molecule has 1 unspecified atom stereocenters. The van der Waals surface area contributed by atoms with Gasteiger partial charge in [0.1, 0.15) is 12.4 Å². The van der Waals surface area contributed by atoms with Gasteiger partial charge in [-0.15, -0.1) is 0 Å². The molecular weight excluding hydrogens is 594 g/mol. The van der Waals surface area contributed by atoms with Crippen LogP contribution in [0.15, 0.2) is 66.7 Å². The molecule has 0 N–H and O–H groups in total. The van der Waals surface area contributed by atoms with E-state index < -0.39 is 65.1 Å². The highest BCUT2D eigenvalue weighted by Gasteiger charge is 2.56. The van der Waals surface area contributed by atoms with Crippen LogP contribution in [0.4, 0.5) is 23.2 Å². The third-order valence-electron chi connectivity index (χ3n) is 7.34. The van der Waals surface area contributed by atoms with Gasteiger partial charge in [0.2, 0.25) is 5.67 Å². The molecule has 43 heavy (non-hydrogen) atoms. The number of carbonyl (C=O) groups excluding carboxylic acids is 3. The fourth-order valence-corrected chi connectivity index (χ4v) is 4.98. The molecule has 0 bridgehead atoms. The summed E-state index contributed by atoms with van der Waals surface area (Å²) < 4.78 is 73.7. The molecule has 3 aromatic rings. The lowest BCUT2D eigenvalue weighted by Gasteiger charge is -2.24. The molecule has 4 rings (SSSR count). The van der Waals surface area contributed by atoms with Crippen molar-refractivity contribution in [3.63, 3.8) is 0 Å². The Bertz CT molecular complexity index is 1520. The molecule has 0 saturated heterocycles. The van der Waals surface area contributed by atoms with E-state index in [1.165, 1.54) is 19.2 Å². The smallest absolute Gasteiger partial charge is 0.416 e. The Morgan fingerprint density at radius 3 is 2.28 bits per heavy atom. The Balaban J connectivity index is 1.66. The lowest BCUT2D eigenvalue weighted by atomic mass is 9.88. The van der Waals surface area contributed by atoms with Gasteiger partial charge in [-0.25, -0.2) is 4.39 Å². The van der Waals surface area contributed by atoms with Gasteiger partial charge >= 0.3 is 18.1 Å². The van der Waals surface area contributed by atoms with Crippen molar-refractivity contribution in [2.75, 3.05) is 18.7 Å². The van der Waals surface area contributed by atoms with Gasteiger partial charge in [-0.05, 0) is 41.8 Å². The highest BCUT2D eigenvalue weighted by molar-refractivity contribution is 6.30. The molecule has 0 spiro atoms. The van der Waals surface area contributed by atoms with Crippen molar-refractivity contribution in [3.05, 3.63) is 94.0 Å². The van der Waals surface area contributed by atoms with Crippen molar-refractivity contribution in [2.24, 2.45) is 11.8 Å². The zero-order valence-electron chi connectivity index (χ0n) is 23.4. The van der Waals surface area contributed by atoms with Crippen LogP contribution in [0.5, 0.6) is 5.75 Å². The van der Waals surface area contributed by atoms with E-state index in [1.54, 1.807) is 44.2 Å². The highest BCUT2D eigenvalue weighted by Crippen LogP contribution is 2.51. The van der Waals surface area contributed by atoms with Crippen LogP contribution in [-0.4, -0.2) is 31.7 Å². The number of rotatable bonds is 10. The summed E-state index contributed by atoms with van der Waals surface area (Å²) in [6.45, 7) is 2.28. The number of nitrogens with zero attached hydrogens (tertiary/aromatic N) is 1. The number of alkyl halides is 4. The van der Waals surface area contributed by atoms with E-state index in [9.17, 15) is 27.6 Å². The molecule has 0 aliphatic carbocycles. The SMILES string of the molecule is CC[C@H](C)[C@@H](C(=O)OCc1ccccc1)C(=O)OCN1C(=O)C(F)(c2cc(Cl)ccc2OC)c2ccc(C(F)(F)F)cc21. The van der Waals surface area contributed by atoms with Crippen molar-refractivity contribution >= 4 is 35.1 Å².